The number of morpholine rings is 1. The molecule has 1 N–H and O–H groups in total. The Morgan fingerprint density at radius 3 is 2.39 bits per heavy atom. The number of amides is 2. The molecule has 0 radical (unpaired) electrons. The highest BCUT2D eigenvalue weighted by Gasteiger charge is 2.36. The molecule has 0 bridgehead atoms. The van der Waals surface area contributed by atoms with Crippen LogP contribution in [-0.4, -0.2) is 42.8 Å². The number of hydrogen-bond acceptors (Lipinski definition) is 2. The van der Waals surface area contributed by atoms with Crippen LogP contribution in [0.4, 0.5) is 4.79 Å². The minimum atomic E-state index is 0.0502. The lowest BCUT2D eigenvalue weighted by Crippen LogP contribution is -2.53. The molecular weight excluding hydrogens is 288 g/mol. The first-order valence-electron chi connectivity index (χ1n) is 8.83. The van der Waals surface area contributed by atoms with Gasteiger partial charge in [0.15, 0.2) is 0 Å². The van der Waals surface area contributed by atoms with Gasteiger partial charge in [-0.05, 0) is 32.3 Å². The minimum Gasteiger partial charge on any atom is -0.372 e. The molecule has 2 atom stereocenters. The zero-order valence-corrected chi connectivity index (χ0v) is 14.3. The van der Waals surface area contributed by atoms with Crippen molar-refractivity contribution in [3.8, 4) is 0 Å². The zero-order chi connectivity index (χ0) is 16.3. The minimum absolute atomic E-state index is 0.0502. The zero-order valence-electron chi connectivity index (χ0n) is 14.3. The molecule has 2 aliphatic rings. The van der Waals surface area contributed by atoms with Crippen molar-refractivity contribution in [2.45, 2.75) is 57.2 Å². The second-order valence-corrected chi connectivity index (χ2v) is 7.17. The highest BCUT2D eigenvalue weighted by molar-refractivity contribution is 5.74. The Morgan fingerprint density at radius 2 is 1.78 bits per heavy atom. The first kappa shape index (κ1) is 16.3. The van der Waals surface area contributed by atoms with Gasteiger partial charge >= 0.3 is 6.03 Å². The number of urea groups is 1. The van der Waals surface area contributed by atoms with Crippen molar-refractivity contribution < 1.29 is 9.53 Å². The number of carbonyl (C=O) groups excluding carboxylic acids is 1. The fourth-order valence-electron chi connectivity index (χ4n) is 4.11. The first-order chi connectivity index (χ1) is 11.1. The van der Waals surface area contributed by atoms with Crippen LogP contribution in [0.1, 0.15) is 45.1 Å². The molecule has 2 fully saturated rings. The van der Waals surface area contributed by atoms with E-state index in [4.69, 9.17) is 4.74 Å². The van der Waals surface area contributed by atoms with Gasteiger partial charge in [-0.1, -0.05) is 43.2 Å². The lowest BCUT2D eigenvalue weighted by atomic mass is 9.79. The van der Waals surface area contributed by atoms with E-state index in [9.17, 15) is 4.79 Å². The molecule has 4 heteroatoms. The van der Waals surface area contributed by atoms with Crippen LogP contribution in [0, 0.1) is 0 Å². The SMILES string of the molecule is CC1CN(C(=O)NCC2(c3ccccc3)CCCC2)CC(C)O1. The third-order valence-corrected chi connectivity index (χ3v) is 5.23. The molecule has 1 aromatic rings. The summed E-state index contributed by atoms with van der Waals surface area (Å²) in [5.41, 5.74) is 1.47. The molecule has 1 saturated carbocycles. The quantitative estimate of drug-likeness (QED) is 0.929. The average Bonchev–Trinajstić information content (AvgIpc) is 3.03. The molecule has 2 amide bonds. The molecular formula is C19H28N2O2. The van der Waals surface area contributed by atoms with Crippen LogP contribution in [0.25, 0.3) is 0 Å². The monoisotopic (exact) mass is 316 g/mol. The van der Waals surface area contributed by atoms with E-state index in [0.29, 0.717) is 13.1 Å². The van der Waals surface area contributed by atoms with E-state index in [0.717, 1.165) is 19.4 Å². The smallest absolute Gasteiger partial charge is 0.317 e. The van der Waals surface area contributed by atoms with Crippen LogP contribution in [-0.2, 0) is 10.2 Å². The van der Waals surface area contributed by atoms with Crippen LogP contribution < -0.4 is 5.32 Å². The summed E-state index contributed by atoms with van der Waals surface area (Å²) in [5, 5.41) is 3.21. The summed E-state index contributed by atoms with van der Waals surface area (Å²) in [6, 6.07) is 10.7. The van der Waals surface area contributed by atoms with Crippen molar-refractivity contribution in [1.82, 2.24) is 10.2 Å². The topological polar surface area (TPSA) is 41.6 Å². The Bertz CT molecular complexity index is 515. The number of nitrogens with one attached hydrogen (secondary N) is 1. The third-order valence-electron chi connectivity index (χ3n) is 5.23. The van der Waals surface area contributed by atoms with Crippen LogP contribution in [0.2, 0.25) is 0 Å². The molecule has 23 heavy (non-hydrogen) atoms. The van der Waals surface area contributed by atoms with Crippen LogP contribution in [0.5, 0.6) is 0 Å². The second kappa shape index (κ2) is 6.91. The van der Waals surface area contributed by atoms with Gasteiger partial charge in [0, 0.05) is 25.0 Å². The highest BCUT2D eigenvalue weighted by atomic mass is 16.5. The summed E-state index contributed by atoms with van der Waals surface area (Å²) in [6.07, 6.45) is 5.03. The summed E-state index contributed by atoms with van der Waals surface area (Å²) in [6.45, 7) is 6.13. The van der Waals surface area contributed by atoms with Crippen molar-refractivity contribution in [1.29, 1.82) is 0 Å². The fourth-order valence-corrected chi connectivity index (χ4v) is 4.11. The highest BCUT2D eigenvalue weighted by Crippen LogP contribution is 2.40. The van der Waals surface area contributed by atoms with E-state index < -0.39 is 0 Å². The number of rotatable bonds is 3. The Hall–Kier alpha value is -1.55. The normalized spacial score (nSPS) is 27.0. The van der Waals surface area contributed by atoms with Crippen molar-refractivity contribution in [3.05, 3.63) is 35.9 Å². The summed E-state index contributed by atoms with van der Waals surface area (Å²) in [5.74, 6) is 0. The first-order valence-corrected chi connectivity index (χ1v) is 8.83. The number of nitrogens with zero attached hydrogens (tertiary/aromatic N) is 1. The molecule has 2 unspecified atom stereocenters. The van der Waals surface area contributed by atoms with Crippen molar-refractivity contribution >= 4 is 6.03 Å². The molecule has 1 aliphatic carbocycles. The molecule has 1 aliphatic heterocycles. The molecule has 0 spiro atoms. The summed E-state index contributed by atoms with van der Waals surface area (Å²) < 4.78 is 5.71. The summed E-state index contributed by atoms with van der Waals surface area (Å²) >= 11 is 0. The lowest BCUT2D eigenvalue weighted by Gasteiger charge is -2.37. The van der Waals surface area contributed by atoms with Crippen LogP contribution >= 0.6 is 0 Å². The van der Waals surface area contributed by atoms with Gasteiger partial charge in [-0.25, -0.2) is 4.79 Å². The van der Waals surface area contributed by atoms with Gasteiger partial charge in [0.25, 0.3) is 0 Å². The lowest BCUT2D eigenvalue weighted by molar-refractivity contribution is -0.0546. The van der Waals surface area contributed by atoms with Gasteiger partial charge in [-0.3, -0.25) is 0 Å². The molecule has 1 saturated heterocycles. The number of hydrogen-bond donors (Lipinski definition) is 1. The standard InChI is InChI=1S/C19H28N2O2/c1-15-12-21(13-16(2)23-15)18(22)20-14-19(10-6-7-11-19)17-8-4-3-5-9-17/h3-5,8-9,15-16H,6-7,10-14H2,1-2H3,(H,20,22). The van der Waals surface area contributed by atoms with E-state index in [1.807, 2.05) is 18.7 Å². The van der Waals surface area contributed by atoms with Gasteiger partial charge in [0.2, 0.25) is 0 Å². The summed E-state index contributed by atoms with van der Waals surface area (Å²) in [4.78, 5) is 14.5. The van der Waals surface area contributed by atoms with Crippen molar-refractivity contribution in [2.75, 3.05) is 19.6 Å². The van der Waals surface area contributed by atoms with Crippen molar-refractivity contribution in [2.24, 2.45) is 0 Å². The Morgan fingerprint density at radius 1 is 1.17 bits per heavy atom. The molecule has 1 heterocycles. The maximum atomic E-state index is 12.6. The van der Waals surface area contributed by atoms with Gasteiger partial charge in [0.1, 0.15) is 0 Å². The predicted octanol–water partition coefficient (Wildman–Crippen LogP) is 3.32. The Labute approximate surface area is 139 Å². The van der Waals surface area contributed by atoms with Gasteiger partial charge in [0.05, 0.1) is 12.2 Å². The summed E-state index contributed by atoms with van der Waals surface area (Å²) in [7, 11) is 0. The van der Waals surface area contributed by atoms with Crippen LogP contribution in [0.15, 0.2) is 30.3 Å². The van der Waals surface area contributed by atoms with Gasteiger partial charge in [-0.15, -0.1) is 0 Å². The van der Waals surface area contributed by atoms with Gasteiger partial charge < -0.3 is 15.0 Å². The fraction of sp³-hybridized carbons (Fsp3) is 0.632. The largest absolute Gasteiger partial charge is 0.372 e. The number of ether oxygens (including phenoxy) is 1. The number of carbonyl (C=O) groups is 1. The molecule has 1 aromatic carbocycles. The third kappa shape index (κ3) is 3.69. The van der Waals surface area contributed by atoms with Crippen LogP contribution in [0.3, 0.4) is 0 Å². The Kier molecular flexibility index (Phi) is 4.90. The molecule has 0 aromatic heterocycles. The number of benzene rings is 1. The second-order valence-electron chi connectivity index (χ2n) is 7.17. The Balaban J connectivity index is 1.64. The van der Waals surface area contributed by atoms with E-state index in [1.54, 1.807) is 0 Å². The van der Waals surface area contributed by atoms with E-state index in [1.165, 1.54) is 18.4 Å². The van der Waals surface area contributed by atoms with E-state index >= 15 is 0 Å². The average molecular weight is 316 g/mol. The molecule has 4 nitrogen and oxygen atoms in total. The maximum Gasteiger partial charge on any atom is 0.317 e. The van der Waals surface area contributed by atoms with Gasteiger partial charge in [-0.2, -0.15) is 0 Å². The van der Waals surface area contributed by atoms with Crippen molar-refractivity contribution in [3.63, 3.8) is 0 Å². The van der Waals surface area contributed by atoms with E-state index in [-0.39, 0.29) is 23.7 Å². The molecule has 3 rings (SSSR count). The van der Waals surface area contributed by atoms with E-state index in [2.05, 4.69) is 35.6 Å². The maximum absolute atomic E-state index is 12.6. The predicted molar refractivity (Wildman–Crippen MR) is 91.6 cm³/mol. The molecule has 126 valence electrons.